The van der Waals surface area contributed by atoms with Crippen molar-refractivity contribution in [2.45, 2.75) is 37.0 Å². The predicted molar refractivity (Wildman–Crippen MR) is 131 cm³/mol. The normalized spacial score (nSPS) is 13.7. The molecule has 2 N–H and O–H groups in total. The molecule has 1 aromatic heterocycles. The lowest BCUT2D eigenvalue weighted by atomic mass is 9.92. The summed E-state index contributed by atoms with van der Waals surface area (Å²) >= 11 is 13.8. The number of halogens is 2. The lowest BCUT2D eigenvalue weighted by Gasteiger charge is -2.38. The lowest BCUT2D eigenvalue weighted by molar-refractivity contribution is -0.144. The van der Waals surface area contributed by atoms with E-state index < -0.39 is 11.6 Å². The van der Waals surface area contributed by atoms with Crippen molar-refractivity contribution >= 4 is 46.8 Å². The Bertz CT molecular complexity index is 1090. The van der Waals surface area contributed by atoms with Gasteiger partial charge in [-0.2, -0.15) is 5.10 Å². The molecule has 1 heterocycles. The van der Waals surface area contributed by atoms with Gasteiger partial charge in [-0.25, -0.2) is 4.98 Å². The minimum Gasteiger partial charge on any atom is -0.343 e. The molecule has 2 aromatic carbocycles. The number of rotatable bonds is 9. The van der Waals surface area contributed by atoms with Gasteiger partial charge in [0.15, 0.2) is 5.16 Å². The zero-order chi connectivity index (χ0) is 24.0. The van der Waals surface area contributed by atoms with Gasteiger partial charge in [-0.1, -0.05) is 72.2 Å². The molecular formula is C23H25Cl2N5O2S. The second-order valence-electron chi connectivity index (χ2n) is 7.64. The van der Waals surface area contributed by atoms with Crippen molar-refractivity contribution in [1.29, 1.82) is 0 Å². The van der Waals surface area contributed by atoms with Gasteiger partial charge in [0.2, 0.25) is 11.8 Å². The molecule has 10 heteroatoms. The molecule has 33 heavy (non-hydrogen) atoms. The van der Waals surface area contributed by atoms with Crippen molar-refractivity contribution in [2.24, 2.45) is 0 Å². The first-order chi connectivity index (χ1) is 15.8. The van der Waals surface area contributed by atoms with Gasteiger partial charge in [0.1, 0.15) is 11.9 Å². The summed E-state index contributed by atoms with van der Waals surface area (Å²) in [5.74, 6) is -0.360. The van der Waals surface area contributed by atoms with Gasteiger partial charge in [0, 0.05) is 17.1 Å². The number of aromatic nitrogens is 3. The molecule has 7 nitrogen and oxygen atoms in total. The molecule has 2 amide bonds. The van der Waals surface area contributed by atoms with Crippen molar-refractivity contribution in [3.63, 3.8) is 0 Å². The minimum absolute atomic E-state index is 0.125. The Hall–Kier alpha value is -2.55. The third-order valence-electron chi connectivity index (χ3n) is 5.71. The molecule has 0 fully saturated rings. The maximum atomic E-state index is 13.6. The number of thioether (sulfide) groups is 1. The molecule has 0 aliphatic heterocycles. The molecule has 2 atom stereocenters. The van der Waals surface area contributed by atoms with Crippen LogP contribution in [0.15, 0.2) is 60.0 Å². The Kier molecular flexibility index (Phi) is 8.40. The average molecular weight is 506 g/mol. The van der Waals surface area contributed by atoms with E-state index in [1.807, 2.05) is 37.3 Å². The number of amides is 2. The number of likely N-dealkylation sites (N-methyl/N-ethyl adjacent to an activating group) is 1. The van der Waals surface area contributed by atoms with Gasteiger partial charge < -0.3 is 10.2 Å². The summed E-state index contributed by atoms with van der Waals surface area (Å²) in [6, 6.07) is 14.1. The summed E-state index contributed by atoms with van der Waals surface area (Å²) in [6.07, 6.45) is 1.80. The van der Waals surface area contributed by atoms with E-state index in [0.717, 1.165) is 11.1 Å². The molecule has 0 bridgehead atoms. The van der Waals surface area contributed by atoms with Crippen molar-refractivity contribution in [2.75, 3.05) is 12.8 Å². The first-order valence-corrected chi connectivity index (χ1v) is 12.1. The maximum Gasteiger partial charge on any atom is 0.246 e. The van der Waals surface area contributed by atoms with E-state index in [4.69, 9.17) is 23.2 Å². The zero-order valence-electron chi connectivity index (χ0n) is 18.5. The zero-order valence-corrected chi connectivity index (χ0v) is 20.8. The second-order valence-corrected chi connectivity index (χ2v) is 9.45. The minimum atomic E-state index is -1.08. The molecule has 174 valence electrons. The smallest absolute Gasteiger partial charge is 0.246 e. The van der Waals surface area contributed by atoms with Gasteiger partial charge in [-0.15, -0.1) is 0 Å². The third kappa shape index (κ3) is 5.88. The largest absolute Gasteiger partial charge is 0.343 e. The third-order valence-corrected chi connectivity index (χ3v) is 7.17. The number of carbonyl (C=O) groups is 2. The summed E-state index contributed by atoms with van der Waals surface area (Å²) < 4.78 is 0. The molecule has 0 unspecified atom stereocenters. The highest BCUT2D eigenvalue weighted by molar-refractivity contribution is 7.99. The highest BCUT2D eigenvalue weighted by Crippen LogP contribution is 2.31. The number of nitrogens with one attached hydrogen (secondary N) is 2. The van der Waals surface area contributed by atoms with Crippen LogP contribution < -0.4 is 5.32 Å². The molecule has 0 radical (unpaired) electrons. The predicted octanol–water partition coefficient (Wildman–Crippen LogP) is 4.74. The van der Waals surface area contributed by atoms with E-state index in [9.17, 15) is 9.59 Å². The number of hydrogen-bond acceptors (Lipinski definition) is 5. The lowest BCUT2D eigenvalue weighted by Crippen LogP contribution is -2.58. The van der Waals surface area contributed by atoms with Crippen LogP contribution in [-0.4, -0.2) is 50.2 Å². The van der Waals surface area contributed by atoms with Crippen LogP contribution in [0, 0.1) is 0 Å². The molecule has 0 spiro atoms. The molecule has 3 rings (SSSR count). The topological polar surface area (TPSA) is 91.0 Å². The molecular weight excluding hydrogens is 481 g/mol. The fourth-order valence-corrected chi connectivity index (χ4v) is 4.37. The maximum absolute atomic E-state index is 13.6. The standard InChI is InChI=1S/C23H25Cl2N5O2S/c1-4-23(2,30(3)19(31)13-33-22-26-14-27-29-22)21(32)28-20(15-9-11-16(24)12-10-15)17-7-5-6-8-18(17)25/h5-12,14,20H,4,13H2,1-3H3,(H,28,32)(H,26,27,29)/t20-,23+/m1/s1. The van der Waals surface area contributed by atoms with Crippen LogP contribution in [-0.2, 0) is 9.59 Å². The van der Waals surface area contributed by atoms with Crippen LogP contribution in [0.2, 0.25) is 10.0 Å². The first-order valence-electron chi connectivity index (χ1n) is 10.3. The van der Waals surface area contributed by atoms with Gasteiger partial charge >= 0.3 is 0 Å². The Balaban J connectivity index is 1.84. The van der Waals surface area contributed by atoms with E-state index in [1.54, 1.807) is 32.2 Å². The monoisotopic (exact) mass is 505 g/mol. The summed E-state index contributed by atoms with van der Waals surface area (Å²) in [5, 5.41) is 11.3. The Morgan fingerprint density at radius 2 is 1.88 bits per heavy atom. The Morgan fingerprint density at radius 3 is 2.48 bits per heavy atom. The molecule has 0 aliphatic carbocycles. The second kappa shape index (κ2) is 11.0. The van der Waals surface area contributed by atoms with Gasteiger partial charge in [0.05, 0.1) is 11.8 Å². The van der Waals surface area contributed by atoms with Crippen LogP contribution in [0.25, 0.3) is 0 Å². The Morgan fingerprint density at radius 1 is 1.18 bits per heavy atom. The molecule has 0 aliphatic rings. The summed E-state index contributed by atoms with van der Waals surface area (Å²) in [5.41, 5.74) is 0.502. The van der Waals surface area contributed by atoms with Crippen molar-refractivity contribution in [3.05, 3.63) is 76.0 Å². The SMILES string of the molecule is CC[C@@](C)(C(=O)N[C@H](c1ccc(Cl)cc1)c1ccccc1Cl)N(C)C(=O)CSc1ncn[nH]1. The number of H-pyrrole nitrogens is 1. The van der Waals surface area contributed by atoms with Crippen LogP contribution >= 0.6 is 35.0 Å². The average Bonchev–Trinajstić information content (AvgIpc) is 3.34. The van der Waals surface area contributed by atoms with Gasteiger partial charge in [-0.05, 0) is 42.7 Å². The number of hydrogen-bond donors (Lipinski definition) is 2. The quantitative estimate of drug-likeness (QED) is 0.410. The van der Waals surface area contributed by atoms with E-state index in [0.29, 0.717) is 21.6 Å². The summed E-state index contributed by atoms with van der Waals surface area (Å²) in [6.45, 7) is 3.63. The van der Waals surface area contributed by atoms with Crippen molar-refractivity contribution in [3.8, 4) is 0 Å². The fraction of sp³-hybridized carbons (Fsp3) is 0.304. The van der Waals surface area contributed by atoms with E-state index in [-0.39, 0.29) is 17.6 Å². The highest BCUT2D eigenvalue weighted by Gasteiger charge is 2.39. The number of carbonyl (C=O) groups excluding carboxylic acids is 2. The van der Waals surface area contributed by atoms with Gasteiger partial charge in [0.25, 0.3) is 0 Å². The molecule has 0 saturated carbocycles. The van der Waals surface area contributed by atoms with Crippen LogP contribution in [0.5, 0.6) is 0 Å². The van der Waals surface area contributed by atoms with Crippen molar-refractivity contribution < 1.29 is 9.59 Å². The van der Waals surface area contributed by atoms with E-state index >= 15 is 0 Å². The van der Waals surface area contributed by atoms with Gasteiger partial charge in [-0.3, -0.25) is 14.7 Å². The first kappa shape index (κ1) is 25.1. The summed E-state index contributed by atoms with van der Waals surface area (Å²) in [4.78, 5) is 32.0. The summed E-state index contributed by atoms with van der Waals surface area (Å²) in [7, 11) is 1.64. The van der Waals surface area contributed by atoms with E-state index in [2.05, 4.69) is 20.5 Å². The fourth-order valence-electron chi connectivity index (χ4n) is 3.31. The number of benzene rings is 2. The van der Waals surface area contributed by atoms with Crippen LogP contribution in [0.1, 0.15) is 37.4 Å². The van der Waals surface area contributed by atoms with Crippen LogP contribution in [0.4, 0.5) is 0 Å². The number of nitrogens with zero attached hydrogens (tertiary/aromatic N) is 3. The molecule has 0 saturated heterocycles. The van der Waals surface area contributed by atoms with E-state index in [1.165, 1.54) is 23.0 Å². The highest BCUT2D eigenvalue weighted by atomic mass is 35.5. The molecule has 3 aromatic rings. The van der Waals surface area contributed by atoms with Crippen molar-refractivity contribution in [1.82, 2.24) is 25.4 Å². The van der Waals surface area contributed by atoms with Crippen LogP contribution in [0.3, 0.4) is 0 Å². The number of aromatic amines is 1. The Labute approximate surface area is 207 Å².